The molecule has 0 unspecified atom stereocenters. The van der Waals surface area contributed by atoms with Gasteiger partial charge in [-0.1, -0.05) is 12.1 Å². The van der Waals surface area contributed by atoms with Crippen LogP contribution in [-0.4, -0.2) is 77.3 Å². The standard InChI is InChI=1S/C17H11F5N2O2.C15H14F2N2O2.C4F6O3.C2HF3O2/c1-8-9(15(25)26-2)4-3-5-12(8)24-14-11(7-6-10(18)13(14)19)23-16(24)17(20,21)22;1-8-9(15(20)21-2)4-3-5-12(8)19-14-11(18)7-6-10(16)13(14)17;5-3(6,7)1(11)13-2(12)4(8,9)10;3-2(4,5)1(6)7/h3-7H,1-2H3;3-7,19H,18H2,1-2H3;;(H,6,7). The first-order chi connectivity index (χ1) is 30.6. The van der Waals surface area contributed by atoms with Gasteiger partial charge in [-0.2, -0.15) is 52.7 Å². The molecule has 13 nitrogen and oxygen atoms in total. The summed E-state index contributed by atoms with van der Waals surface area (Å²) in [6.45, 7) is 3.05. The number of methoxy groups -OCH3 is 2. The van der Waals surface area contributed by atoms with Crippen LogP contribution in [0.2, 0.25) is 0 Å². The van der Waals surface area contributed by atoms with Crippen molar-refractivity contribution in [3.63, 3.8) is 0 Å². The SMILES string of the molecule is COC(=O)c1cccc(-n2c(C(F)(F)F)nc3ccc(F)c(F)c32)c1C.COC(=O)c1cccc(Nc2c(N)ccc(F)c2F)c1C.O=C(O)C(F)(F)F.O=C(OC(=O)C(F)(F)F)C(F)(F)F. The maximum Gasteiger partial charge on any atom is 0.491 e. The summed E-state index contributed by atoms with van der Waals surface area (Å²) in [5, 5.41) is 9.85. The molecule has 0 fully saturated rings. The molecule has 4 N–H and O–H groups in total. The number of carbonyl (C=O) groups is 5. The number of halogens is 16. The first-order valence-electron chi connectivity index (χ1n) is 17.1. The van der Waals surface area contributed by atoms with Gasteiger partial charge in [0.15, 0.2) is 23.3 Å². The van der Waals surface area contributed by atoms with Crippen molar-refractivity contribution in [3.8, 4) is 5.69 Å². The molecule has 5 aromatic rings. The minimum atomic E-state index is -5.62. The molecule has 0 spiro atoms. The maximum atomic E-state index is 14.3. The summed E-state index contributed by atoms with van der Waals surface area (Å²) < 4.78 is 207. The van der Waals surface area contributed by atoms with Crippen molar-refractivity contribution in [3.05, 3.63) is 112 Å². The highest BCUT2D eigenvalue weighted by atomic mass is 19.4. The Morgan fingerprint density at radius 3 is 1.54 bits per heavy atom. The molecule has 0 radical (unpaired) electrons. The van der Waals surface area contributed by atoms with E-state index < -0.39 is 89.2 Å². The Kier molecular flexibility index (Phi) is 17.9. The zero-order valence-electron chi connectivity index (χ0n) is 33.5. The topological polar surface area (TPSA) is 189 Å². The van der Waals surface area contributed by atoms with Crippen molar-refractivity contribution >= 4 is 57.9 Å². The van der Waals surface area contributed by atoms with Crippen LogP contribution in [0.5, 0.6) is 0 Å². The summed E-state index contributed by atoms with van der Waals surface area (Å²) in [6, 6.07) is 12.6. The van der Waals surface area contributed by atoms with Crippen molar-refractivity contribution in [2.75, 3.05) is 25.3 Å². The van der Waals surface area contributed by atoms with Crippen molar-refractivity contribution in [2.24, 2.45) is 0 Å². The number of benzene rings is 4. The number of ether oxygens (including phenoxy) is 3. The number of nitrogens with one attached hydrogen (secondary N) is 1. The van der Waals surface area contributed by atoms with E-state index in [1.54, 1.807) is 25.1 Å². The van der Waals surface area contributed by atoms with Gasteiger partial charge < -0.3 is 30.4 Å². The number of fused-ring (bicyclic) bond motifs is 1. The van der Waals surface area contributed by atoms with Crippen LogP contribution >= 0.6 is 0 Å². The van der Waals surface area contributed by atoms with Crippen molar-refractivity contribution in [2.45, 2.75) is 38.6 Å². The lowest BCUT2D eigenvalue weighted by atomic mass is 10.1. The molecule has 0 bridgehead atoms. The Labute approximate surface area is 362 Å². The number of nitrogens with zero attached hydrogens (tertiary/aromatic N) is 2. The van der Waals surface area contributed by atoms with E-state index in [0.717, 1.165) is 19.2 Å². The van der Waals surface area contributed by atoms with E-state index in [1.807, 2.05) is 0 Å². The Bertz CT molecular complexity index is 2630. The van der Waals surface area contributed by atoms with E-state index in [9.17, 15) is 89.4 Å². The second kappa shape index (κ2) is 21.6. The number of hydrogen-bond acceptors (Lipinski definition) is 11. The van der Waals surface area contributed by atoms with Gasteiger partial charge in [0, 0.05) is 5.69 Å². The summed E-state index contributed by atoms with van der Waals surface area (Å²) in [6.07, 6.45) is -21.3. The summed E-state index contributed by atoms with van der Waals surface area (Å²) in [5.74, 6) is -16.7. The number of carboxylic acids is 1. The average Bonchev–Trinajstić information content (AvgIpc) is 3.63. The number of rotatable bonds is 5. The first-order valence-corrected chi connectivity index (χ1v) is 17.1. The monoisotopic (exact) mass is 986 g/mol. The number of imidazole rings is 1. The third kappa shape index (κ3) is 14.2. The Hall–Kier alpha value is -7.62. The number of alkyl halides is 12. The molecular weight excluding hydrogens is 960 g/mol. The number of anilines is 3. The Balaban J connectivity index is 0.000000336. The molecule has 0 saturated carbocycles. The highest BCUT2D eigenvalue weighted by Crippen LogP contribution is 2.37. The fourth-order valence-electron chi connectivity index (χ4n) is 4.85. The van der Waals surface area contributed by atoms with Gasteiger partial charge in [-0.15, -0.1) is 0 Å². The van der Waals surface area contributed by atoms with E-state index in [2.05, 4.69) is 24.5 Å². The fourth-order valence-corrected chi connectivity index (χ4v) is 4.85. The second-order valence-electron chi connectivity index (χ2n) is 12.3. The van der Waals surface area contributed by atoms with Gasteiger partial charge in [0.2, 0.25) is 5.82 Å². The van der Waals surface area contributed by atoms with Gasteiger partial charge in [-0.05, 0) is 73.5 Å². The molecule has 0 aliphatic rings. The molecule has 29 heteroatoms. The predicted molar refractivity (Wildman–Crippen MR) is 196 cm³/mol. The van der Waals surface area contributed by atoms with E-state index in [1.165, 1.54) is 38.3 Å². The van der Waals surface area contributed by atoms with Crippen LogP contribution < -0.4 is 11.1 Å². The van der Waals surface area contributed by atoms with Crippen LogP contribution in [0.15, 0.2) is 60.7 Å². The lowest BCUT2D eigenvalue weighted by Crippen LogP contribution is -2.34. The normalized spacial score (nSPS) is 11.4. The molecular formula is C38H26F16N4O9. The third-order valence-electron chi connectivity index (χ3n) is 7.93. The molecule has 0 amide bonds. The van der Waals surface area contributed by atoms with Crippen molar-refractivity contribution in [1.82, 2.24) is 9.55 Å². The number of aliphatic carboxylic acids is 1. The van der Waals surface area contributed by atoms with Gasteiger partial charge in [-0.25, -0.2) is 46.5 Å². The number of esters is 4. The number of hydrogen-bond donors (Lipinski definition) is 3. The van der Waals surface area contributed by atoms with E-state index in [4.69, 9.17) is 15.6 Å². The lowest BCUT2D eigenvalue weighted by Gasteiger charge is -2.16. The predicted octanol–water partition coefficient (Wildman–Crippen LogP) is 9.62. The van der Waals surface area contributed by atoms with Crippen molar-refractivity contribution in [1.29, 1.82) is 0 Å². The number of nitrogen functional groups attached to an aromatic ring is 1. The molecule has 5 rings (SSSR count). The van der Waals surface area contributed by atoms with E-state index in [0.29, 0.717) is 27.4 Å². The summed E-state index contributed by atoms with van der Waals surface area (Å²) in [4.78, 5) is 55.1. The minimum absolute atomic E-state index is 0.00298. The molecule has 0 atom stereocenters. The molecule has 0 aliphatic heterocycles. The smallest absolute Gasteiger partial charge is 0.475 e. The van der Waals surface area contributed by atoms with Gasteiger partial charge in [0.05, 0.1) is 42.2 Å². The lowest BCUT2D eigenvalue weighted by molar-refractivity contribution is -0.221. The first kappa shape index (κ1) is 55.5. The Morgan fingerprint density at radius 2 is 1.09 bits per heavy atom. The highest BCUT2D eigenvalue weighted by Gasteiger charge is 2.49. The Morgan fingerprint density at radius 1 is 0.642 bits per heavy atom. The summed E-state index contributed by atoms with van der Waals surface area (Å²) >= 11 is 0. The van der Waals surface area contributed by atoms with Crippen LogP contribution in [0.1, 0.15) is 37.7 Å². The quantitative estimate of drug-likeness (QED) is 0.0498. The third-order valence-corrected chi connectivity index (χ3v) is 7.93. The number of carboxylic acid groups (broad SMARTS) is 1. The molecule has 4 aromatic carbocycles. The molecule has 1 heterocycles. The van der Waals surface area contributed by atoms with E-state index >= 15 is 0 Å². The molecule has 0 saturated heterocycles. The highest BCUT2D eigenvalue weighted by molar-refractivity contribution is 5.94. The number of carbonyl (C=O) groups excluding carboxylic acids is 4. The largest absolute Gasteiger partial charge is 0.491 e. The minimum Gasteiger partial charge on any atom is -0.475 e. The number of nitrogens with two attached hydrogens (primary N) is 1. The van der Waals surface area contributed by atoms with Gasteiger partial charge >= 0.3 is 54.6 Å². The fraction of sp³-hybridized carbons (Fsp3) is 0.211. The zero-order valence-corrected chi connectivity index (χ0v) is 33.5. The molecule has 1 aromatic heterocycles. The molecule has 0 aliphatic carbocycles. The van der Waals surface area contributed by atoms with Crippen LogP contribution in [0.25, 0.3) is 16.7 Å². The maximum absolute atomic E-state index is 14.3. The van der Waals surface area contributed by atoms with Gasteiger partial charge in [-0.3, -0.25) is 4.57 Å². The second-order valence-corrected chi connectivity index (χ2v) is 12.3. The van der Waals surface area contributed by atoms with Crippen LogP contribution in [0, 0.1) is 37.1 Å². The van der Waals surface area contributed by atoms with Crippen LogP contribution in [0.3, 0.4) is 0 Å². The van der Waals surface area contributed by atoms with Crippen LogP contribution in [-0.2, 0) is 34.8 Å². The molecule has 364 valence electrons. The zero-order chi connectivity index (χ0) is 51.7. The number of aromatic nitrogens is 2. The molecule has 67 heavy (non-hydrogen) atoms. The summed E-state index contributed by atoms with van der Waals surface area (Å²) in [5.41, 5.74) is 5.79. The van der Waals surface area contributed by atoms with Gasteiger partial charge in [0.25, 0.3) is 0 Å². The van der Waals surface area contributed by atoms with Crippen molar-refractivity contribution < 1.29 is 114 Å². The summed E-state index contributed by atoms with van der Waals surface area (Å²) in [7, 11) is 2.39. The van der Waals surface area contributed by atoms with E-state index in [-0.39, 0.29) is 33.7 Å². The average molecular weight is 987 g/mol. The van der Waals surface area contributed by atoms with Gasteiger partial charge in [0.1, 0.15) is 11.2 Å². The van der Waals surface area contributed by atoms with Crippen LogP contribution in [0.4, 0.5) is 87.3 Å².